The van der Waals surface area contributed by atoms with E-state index in [1.165, 1.54) is 0 Å². The molecule has 0 saturated carbocycles. The van der Waals surface area contributed by atoms with Crippen molar-refractivity contribution in [2.75, 3.05) is 0 Å². The van der Waals surface area contributed by atoms with Gasteiger partial charge in [0.2, 0.25) is 0 Å². The van der Waals surface area contributed by atoms with Gasteiger partial charge in [0.15, 0.2) is 0 Å². The smallest absolute Gasteiger partial charge is 0.260 e. The fraction of sp³-hybridized carbons (Fsp3) is 0.120. The Morgan fingerprint density at radius 2 is 1.40 bits per heavy atom. The monoisotopic (exact) mass is 416 g/mol. The van der Waals surface area contributed by atoms with Crippen molar-refractivity contribution in [3.63, 3.8) is 0 Å². The fourth-order valence-corrected chi connectivity index (χ4v) is 3.65. The standard InChI is InChI=1S/C25H21ClN2O2/c1-18-23(24(27-30-18)21-14-8-9-15-22(21)26)25(29)28(16-19-10-4-2-5-11-19)17-20-12-6-3-7-13-20/h2-15H,16-17H2,1H3. The topological polar surface area (TPSA) is 46.3 Å². The van der Waals surface area contributed by atoms with Crippen LogP contribution in [0.15, 0.2) is 89.5 Å². The van der Waals surface area contributed by atoms with Crippen molar-refractivity contribution in [2.45, 2.75) is 20.0 Å². The van der Waals surface area contributed by atoms with Crippen LogP contribution >= 0.6 is 11.6 Å². The highest BCUT2D eigenvalue weighted by Gasteiger charge is 2.27. The molecule has 0 aliphatic heterocycles. The molecule has 5 heteroatoms. The zero-order valence-corrected chi connectivity index (χ0v) is 17.3. The molecule has 0 saturated heterocycles. The molecule has 0 unspecified atom stereocenters. The van der Waals surface area contributed by atoms with Crippen molar-refractivity contribution in [1.29, 1.82) is 0 Å². The van der Waals surface area contributed by atoms with Gasteiger partial charge in [0.05, 0.1) is 5.02 Å². The summed E-state index contributed by atoms with van der Waals surface area (Å²) in [4.78, 5) is 15.5. The molecule has 4 rings (SSSR count). The van der Waals surface area contributed by atoms with Gasteiger partial charge < -0.3 is 9.42 Å². The molecule has 4 nitrogen and oxygen atoms in total. The largest absolute Gasteiger partial charge is 0.360 e. The van der Waals surface area contributed by atoms with Gasteiger partial charge >= 0.3 is 0 Å². The highest BCUT2D eigenvalue weighted by molar-refractivity contribution is 6.33. The average Bonchev–Trinajstić information content (AvgIpc) is 3.15. The highest BCUT2D eigenvalue weighted by Crippen LogP contribution is 2.32. The average molecular weight is 417 g/mol. The van der Waals surface area contributed by atoms with E-state index < -0.39 is 0 Å². The second-order valence-corrected chi connectivity index (χ2v) is 7.48. The lowest BCUT2D eigenvalue weighted by atomic mass is 10.0. The normalized spacial score (nSPS) is 10.7. The van der Waals surface area contributed by atoms with E-state index in [1.807, 2.05) is 83.8 Å². The zero-order valence-electron chi connectivity index (χ0n) is 16.6. The molecule has 3 aromatic carbocycles. The molecule has 0 N–H and O–H groups in total. The van der Waals surface area contributed by atoms with E-state index in [0.717, 1.165) is 11.1 Å². The lowest BCUT2D eigenvalue weighted by Gasteiger charge is -2.23. The van der Waals surface area contributed by atoms with Crippen molar-refractivity contribution in [3.8, 4) is 11.3 Å². The van der Waals surface area contributed by atoms with Gasteiger partial charge in [0.25, 0.3) is 5.91 Å². The van der Waals surface area contributed by atoms with Gasteiger partial charge in [-0.3, -0.25) is 4.79 Å². The maximum absolute atomic E-state index is 13.7. The third-order valence-electron chi connectivity index (χ3n) is 4.93. The Morgan fingerprint density at radius 3 is 1.97 bits per heavy atom. The Kier molecular flexibility index (Phi) is 5.96. The van der Waals surface area contributed by atoms with Crippen LogP contribution in [0.2, 0.25) is 5.02 Å². The SMILES string of the molecule is Cc1onc(-c2ccccc2Cl)c1C(=O)N(Cc1ccccc1)Cc1ccccc1. The second-order valence-electron chi connectivity index (χ2n) is 7.07. The van der Waals surface area contributed by atoms with Crippen molar-refractivity contribution in [2.24, 2.45) is 0 Å². The summed E-state index contributed by atoms with van der Waals surface area (Å²) in [6, 6.07) is 27.2. The van der Waals surface area contributed by atoms with Gasteiger partial charge in [-0.25, -0.2) is 0 Å². The van der Waals surface area contributed by atoms with E-state index in [9.17, 15) is 4.79 Å². The molecular weight excluding hydrogens is 396 g/mol. The van der Waals surface area contributed by atoms with Crippen LogP contribution in [0, 0.1) is 6.92 Å². The number of aryl methyl sites for hydroxylation is 1. The Hall–Kier alpha value is -3.37. The van der Waals surface area contributed by atoms with Gasteiger partial charge in [-0.05, 0) is 24.1 Å². The van der Waals surface area contributed by atoms with Gasteiger partial charge in [-0.15, -0.1) is 0 Å². The van der Waals surface area contributed by atoms with E-state index in [0.29, 0.717) is 40.7 Å². The lowest BCUT2D eigenvalue weighted by molar-refractivity contribution is 0.0729. The first-order valence-electron chi connectivity index (χ1n) is 9.72. The number of nitrogens with zero attached hydrogens (tertiary/aromatic N) is 2. The summed E-state index contributed by atoms with van der Waals surface area (Å²) >= 11 is 6.38. The van der Waals surface area contributed by atoms with Gasteiger partial charge in [0.1, 0.15) is 17.0 Å². The van der Waals surface area contributed by atoms with Crippen LogP contribution in [0.1, 0.15) is 27.2 Å². The van der Waals surface area contributed by atoms with Gasteiger partial charge in [-0.1, -0.05) is 95.6 Å². The summed E-state index contributed by atoms with van der Waals surface area (Å²) in [6.45, 7) is 2.70. The molecule has 0 radical (unpaired) electrons. The third-order valence-corrected chi connectivity index (χ3v) is 5.25. The van der Waals surface area contributed by atoms with E-state index in [2.05, 4.69) is 5.16 Å². The molecule has 0 atom stereocenters. The zero-order chi connectivity index (χ0) is 20.9. The second kappa shape index (κ2) is 8.97. The van der Waals surface area contributed by atoms with E-state index in [-0.39, 0.29) is 5.91 Å². The Morgan fingerprint density at radius 1 is 0.867 bits per heavy atom. The first-order chi connectivity index (χ1) is 14.6. The predicted molar refractivity (Wildman–Crippen MR) is 118 cm³/mol. The lowest BCUT2D eigenvalue weighted by Crippen LogP contribution is -2.30. The number of aromatic nitrogens is 1. The first kappa shape index (κ1) is 19.9. The van der Waals surface area contributed by atoms with Crippen molar-refractivity contribution < 1.29 is 9.32 Å². The minimum atomic E-state index is -0.142. The summed E-state index contributed by atoms with van der Waals surface area (Å²) < 4.78 is 5.42. The fourth-order valence-electron chi connectivity index (χ4n) is 3.43. The Balaban J connectivity index is 1.73. The molecule has 0 aliphatic carbocycles. The minimum absolute atomic E-state index is 0.142. The molecule has 0 spiro atoms. The summed E-state index contributed by atoms with van der Waals surface area (Å²) in [6.07, 6.45) is 0. The molecule has 4 aromatic rings. The molecular formula is C25H21ClN2O2. The summed E-state index contributed by atoms with van der Waals surface area (Å²) in [5.41, 5.74) is 3.69. The molecule has 1 amide bonds. The third kappa shape index (κ3) is 4.29. The maximum Gasteiger partial charge on any atom is 0.260 e. The number of rotatable bonds is 6. The van der Waals surface area contributed by atoms with Crippen LogP contribution in [0.5, 0.6) is 0 Å². The number of benzene rings is 3. The molecule has 0 bridgehead atoms. The number of amides is 1. The molecule has 1 aromatic heterocycles. The van der Waals surface area contributed by atoms with E-state index in [4.69, 9.17) is 16.1 Å². The quantitative estimate of drug-likeness (QED) is 0.379. The van der Waals surface area contributed by atoms with Gasteiger partial charge in [-0.2, -0.15) is 0 Å². The summed E-state index contributed by atoms with van der Waals surface area (Å²) in [5.74, 6) is 0.331. The van der Waals surface area contributed by atoms with Crippen molar-refractivity contribution >= 4 is 17.5 Å². The van der Waals surface area contributed by atoms with Crippen LogP contribution in [-0.2, 0) is 13.1 Å². The number of hydrogen-bond acceptors (Lipinski definition) is 3. The van der Waals surface area contributed by atoms with Crippen molar-refractivity contribution in [3.05, 3.63) is 112 Å². The van der Waals surface area contributed by atoms with Crippen molar-refractivity contribution in [1.82, 2.24) is 10.1 Å². The minimum Gasteiger partial charge on any atom is -0.360 e. The van der Waals surface area contributed by atoms with Crippen LogP contribution in [0.3, 0.4) is 0 Å². The van der Waals surface area contributed by atoms with E-state index in [1.54, 1.807) is 13.0 Å². The Labute approximate surface area is 180 Å². The van der Waals surface area contributed by atoms with Crippen LogP contribution in [0.4, 0.5) is 0 Å². The highest BCUT2D eigenvalue weighted by atomic mass is 35.5. The molecule has 0 fully saturated rings. The number of halogens is 1. The number of hydrogen-bond donors (Lipinski definition) is 0. The molecule has 0 aliphatic rings. The van der Waals surface area contributed by atoms with Crippen LogP contribution in [0.25, 0.3) is 11.3 Å². The van der Waals surface area contributed by atoms with Crippen LogP contribution in [-0.4, -0.2) is 16.0 Å². The number of carbonyl (C=O) groups is 1. The predicted octanol–water partition coefficient (Wildman–Crippen LogP) is 6.15. The molecule has 150 valence electrons. The van der Waals surface area contributed by atoms with Gasteiger partial charge in [0, 0.05) is 18.7 Å². The first-order valence-corrected chi connectivity index (χ1v) is 10.1. The van der Waals surface area contributed by atoms with Crippen LogP contribution < -0.4 is 0 Å². The molecule has 1 heterocycles. The Bertz CT molecular complexity index is 1100. The maximum atomic E-state index is 13.7. The summed E-state index contributed by atoms with van der Waals surface area (Å²) in [5, 5.41) is 4.68. The summed E-state index contributed by atoms with van der Waals surface area (Å²) in [7, 11) is 0. The van der Waals surface area contributed by atoms with E-state index >= 15 is 0 Å². The molecule has 30 heavy (non-hydrogen) atoms. The number of carbonyl (C=O) groups excluding carboxylic acids is 1.